The molecule has 2 amide bonds. The first-order chi connectivity index (χ1) is 15.3. The quantitative estimate of drug-likeness (QED) is 0.656. The van der Waals surface area contributed by atoms with Gasteiger partial charge in [0.2, 0.25) is 5.91 Å². The molecular weight excluding hydrogens is 410 g/mol. The van der Waals surface area contributed by atoms with Gasteiger partial charge in [0.05, 0.1) is 30.7 Å². The van der Waals surface area contributed by atoms with Gasteiger partial charge in [0.15, 0.2) is 0 Å². The highest BCUT2D eigenvalue weighted by Gasteiger charge is 2.23. The van der Waals surface area contributed by atoms with Gasteiger partial charge in [-0.1, -0.05) is 0 Å². The Kier molecular flexibility index (Phi) is 7.63. The van der Waals surface area contributed by atoms with E-state index in [2.05, 4.69) is 15.3 Å². The van der Waals surface area contributed by atoms with Gasteiger partial charge < -0.3 is 15.0 Å². The molecular formula is C23H31N5O4. The van der Waals surface area contributed by atoms with Crippen LogP contribution < -0.4 is 5.32 Å². The number of benzene rings is 1. The zero-order valence-corrected chi connectivity index (χ0v) is 19.1. The number of nitrogens with zero attached hydrogens (tertiary/aromatic N) is 4. The van der Waals surface area contributed by atoms with Crippen LogP contribution in [0.4, 0.5) is 0 Å². The lowest BCUT2D eigenvalue weighted by atomic mass is 10.1. The Morgan fingerprint density at radius 2 is 1.75 bits per heavy atom. The van der Waals surface area contributed by atoms with Crippen molar-refractivity contribution < 1.29 is 19.1 Å². The van der Waals surface area contributed by atoms with Crippen LogP contribution in [0, 0.1) is 6.92 Å². The monoisotopic (exact) mass is 441 g/mol. The summed E-state index contributed by atoms with van der Waals surface area (Å²) in [4.78, 5) is 40.7. The van der Waals surface area contributed by atoms with Gasteiger partial charge in [0.1, 0.15) is 5.56 Å². The number of esters is 1. The van der Waals surface area contributed by atoms with Crippen molar-refractivity contribution in [1.82, 2.24) is 24.9 Å². The third kappa shape index (κ3) is 5.53. The van der Waals surface area contributed by atoms with Crippen LogP contribution in [0.5, 0.6) is 0 Å². The van der Waals surface area contributed by atoms with Crippen LogP contribution in [0.2, 0.25) is 0 Å². The second-order valence-corrected chi connectivity index (χ2v) is 8.11. The summed E-state index contributed by atoms with van der Waals surface area (Å²) in [6.45, 7) is 10.6. The molecule has 9 nitrogen and oxygen atoms in total. The van der Waals surface area contributed by atoms with Gasteiger partial charge in [-0.2, -0.15) is 5.10 Å². The third-order valence-corrected chi connectivity index (χ3v) is 5.34. The molecule has 1 aromatic carbocycles. The Balaban J connectivity index is 1.59. The Hall–Kier alpha value is -3.20. The summed E-state index contributed by atoms with van der Waals surface area (Å²) in [5, 5.41) is 7.18. The smallest absolute Gasteiger partial charge is 0.341 e. The maximum absolute atomic E-state index is 12.9. The average Bonchev–Trinajstić information content (AvgIpc) is 3.15. The molecule has 0 unspecified atom stereocenters. The van der Waals surface area contributed by atoms with Crippen molar-refractivity contribution in [2.45, 2.75) is 33.7 Å². The molecule has 2 aromatic rings. The molecule has 1 saturated heterocycles. The number of carbonyl (C=O) groups is 3. The predicted octanol–water partition coefficient (Wildman–Crippen LogP) is 1.64. The van der Waals surface area contributed by atoms with Crippen molar-refractivity contribution in [1.29, 1.82) is 0 Å². The van der Waals surface area contributed by atoms with Gasteiger partial charge in [-0.25, -0.2) is 9.48 Å². The molecule has 0 atom stereocenters. The molecule has 1 fully saturated rings. The number of hydrogen-bond donors (Lipinski definition) is 1. The summed E-state index contributed by atoms with van der Waals surface area (Å²) in [6.07, 6.45) is 1.49. The highest BCUT2D eigenvalue weighted by atomic mass is 16.5. The van der Waals surface area contributed by atoms with Crippen LogP contribution >= 0.6 is 0 Å². The predicted molar refractivity (Wildman–Crippen MR) is 120 cm³/mol. The highest BCUT2D eigenvalue weighted by molar-refractivity contribution is 5.94. The summed E-state index contributed by atoms with van der Waals surface area (Å²) in [5.74, 6) is -0.425. The number of nitrogens with one attached hydrogen (secondary N) is 1. The first-order valence-electron chi connectivity index (χ1n) is 10.9. The summed E-state index contributed by atoms with van der Waals surface area (Å²) >= 11 is 0. The number of rotatable bonds is 7. The van der Waals surface area contributed by atoms with E-state index < -0.39 is 5.97 Å². The molecule has 32 heavy (non-hydrogen) atoms. The van der Waals surface area contributed by atoms with Crippen molar-refractivity contribution >= 4 is 17.8 Å². The molecule has 1 aliphatic rings. The molecule has 0 spiro atoms. The Morgan fingerprint density at radius 1 is 1.09 bits per heavy atom. The van der Waals surface area contributed by atoms with E-state index in [1.807, 2.05) is 30.9 Å². The number of ether oxygens (including phenoxy) is 1. The lowest BCUT2D eigenvalue weighted by Crippen LogP contribution is -2.51. The van der Waals surface area contributed by atoms with Crippen molar-refractivity contribution in [3.8, 4) is 5.69 Å². The Morgan fingerprint density at radius 3 is 2.34 bits per heavy atom. The van der Waals surface area contributed by atoms with Crippen molar-refractivity contribution in [3.63, 3.8) is 0 Å². The molecule has 9 heteroatoms. The molecule has 172 valence electrons. The van der Waals surface area contributed by atoms with Crippen molar-refractivity contribution in [2.24, 2.45) is 0 Å². The largest absolute Gasteiger partial charge is 0.462 e. The first kappa shape index (κ1) is 23.5. The molecule has 3 rings (SSSR count). The van der Waals surface area contributed by atoms with E-state index in [1.165, 1.54) is 6.20 Å². The normalized spacial score (nSPS) is 14.5. The fraction of sp³-hybridized carbons (Fsp3) is 0.478. The van der Waals surface area contributed by atoms with Crippen LogP contribution in [-0.2, 0) is 9.53 Å². The molecule has 1 aromatic heterocycles. The topological polar surface area (TPSA) is 96.8 Å². The second-order valence-electron chi connectivity index (χ2n) is 8.11. The molecule has 2 heterocycles. The minimum absolute atomic E-state index is 0.00962. The number of hydrogen-bond acceptors (Lipinski definition) is 6. The molecule has 0 saturated carbocycles. The van der Waals surface area contributed by atoms with E-state index >= 15 is 0 Å². The average molecular weight is 442 g/mol. The lowest BCUT2D eigenvalue weighted by Gasteiger charge is -2.34. The van der Waals surface area contributed by atoms with Gasteiger partial charge in [0, 0.05) is 37.8 Å². The number of carbonyl (C=O) groups excluding carboxylic acids is 3. The Labute approximate surface area is 188 Å². The highest BCUT2D eigenvalue weighted by Crippen LogP contribution is 2.17. The summed E-state index contributed by atoms with van der Waals surface area (Å²) in [5.41, 5.74) is 2.46. The van der Waals surface area contributed by atoms with Gasteiger partial charge in [-0.3, -0.25) is 14.5 Å². The van der Waals surface area contributed by atoms with Crippen LogP contribution in [0.3, 0.4) is 0 Å². The third-order valence-electron chi connectivity index (χ3n) is 5.34. The SMILES string of the molecule is CCOC(=O)c1cnn(-c2ccc(C(=O)N3CCN(CC(=O)NC(C)C)CC3)cc2)c1C. The van der Waals surface area contributed by atoms with E-state index in [1.54, 1.807) is 30.7 Å². The maximum atomic E-state index is 12.9. The molecule has 0 bridgehead atoms. The van der Waals surface area contributed by atoms with Crippen LogP contribution in [0.25, 0.3) is 5.69 Å². The van der Waals surface area contributed by atoms with Crippen LogP contribution in [-0.4, -0.2) is 82.7 Å². The van der Waals surface area contributed by atoms with Gasteiger partial charge in [-0.05, 0) is 52.0 Å². The van der Waals surface area contributed by atoms with Gasteiger partial charge in [-0.15, -0.1) is 0 Å². The summed E-state index contributed by atoms with van der Waals surface area (Å²) in [6, 6.07) is 7.29. The van der Waals surface area contributed by atoms with Gasteiger partial charge in [0.25, 0.3) is 5.91 Å². The van der Waals surface area contributed by atoms with E-state index in [9.17, 15) is 14.4 Å². The van der Waals surface area contributed by atoms with E-state index in [0.29, 0.717) is 56.2 Å². The maximum Gasteiger partial charge on any atom is 0.341 e. The zero-order chi connectivity index (χ0) is 23.3. The van der Waals surface area contributed by atoms with Gasteiger partial charge >= 0.3 is 5.97 Å². The van der Waals surface area contributed by atoms with Crippen LogP contribution in [0.1, 0.15) is 47.2 Å². The lowest BCUT2D eigenvalue weighted by molar-refractivity contribution is -0.123. The zero-order valence-electron chi connectivity index (χ0n) is 19.1. The van der Waals surface area contributed by atoms with E-state index in [4.69, 9.17) is 4.74 Å². The summed E-state index contributed by atoms with van der Waals surface area (Å²) < 4.78 is 6.71. The van der Waals surface area contributed by atoms with E-state index in [-0.39, 0.29) is 17.9 Å². The minimum atomic E-state index is -0.399. The fourth-order valence-electron chi connectivity index (χ4n) is 3.69. The molecule has 1 N–H and O–H groups in total. The fourth-order valence-corrected chi connectivity index (χ4v) is 3.69. The number of piperazine rings is 1. The van der Waals surface area contributed by atoms with Crippen molar-refractivity contribution in [2.75, 3.05) is 39.3 Å². The minimum Gasteiger partial charge on any atom is -0.462 e. The number of amides is 2. The first-order valence-corrected chi connectivity index (χ1v) is 10.9. The molecule has 0 aliphatic carbocycles. The second kappa shape index (κ2) is 10.4. The Bertz CT molecular complexity index is 959. The number of aromatic nitrogens is 2. The molecule has 0 radical (unpaired) electrons. The van der Waals surface area contributed by atoms with Crippen LogP contribution in [0.15, 0.2) is 30.5 Å². The van der Waals surface area contributed by atoms with Crippen molar-refractivity contribution in [3.05, 3.63) is 47.3 Å². The summed E-state index contributed by atoms with van der Waals surface area (Å²) in [7, 11) is 0. The molecule has 1 aliphatic heterocycles. The standard InChI is InChI=1S/C23H31N5O4/c1-5-32-23(31)20-14-24-28(17(20)4)19-8-6-18(7-9-19)22(30)27-12-10-26(11-13-27)15-21(29)25-16(2)3/h6-9,14,16H,5,10-13,15H2,1-4H3,(H,25,29). The van der Waals surface area contributed by atoms with E-state index in [0.717, 1.165) is 5.69 Å².